The van der Waals surface area contributed by atoms with E-state index in [1.165, 1.54) is 11.8 Å². The van der Waals surface area contributed by atoms with Crippen molar-refractivity contribution in [2.75, 3.05) is 26.5 Å². The van der Waals surface area contributed by atoms with E-state index in [0.717, 1.165) is 4.88 Å². The molecule has 9 heteroatoms. The fourth-order valence-corrected chi connectivity index (χ4v) is 3.92. The molecule has 0 saturated heterocycles. The summed E-state index contributed by atoms with van der Waals surface area (Å²) in [6.07, 6.45) is 0. The maximum atomic E-state index is 12.5. The summed E-state index contributed by atoms with van der Waals surface area (Å²) in [6.45, 7) is 3.23. The number of nitrogens with zero attached hydrogens (tertiary/aromatic N) is 3. The molecule has 1 aromatic carbocycles. The predicted octanol–water partition coefficient (Wildman–Crippen LogP) is 3.96. The van der Waals surface area contributed by atoms with Crippen LogP contribution >= 0.6 is 23.1 Å². The van der Waals surface area contributed by atoms with Gasteiger partial charge in [0.1, 0.15) is 11.5 Å². The second-order valence-electron chi connectivity index (χ2n) is 5.72. The van der Waals surface area contributed by atoms with Gasteiger partial charge in [-0.25, -0.2) is 0 Å². The van der Waals surface area contributed by atoms with Gasteiger partial charge in [-0.05, 0) is 30.5 Å². The number of hydrogen-bond donors (Lipinski definition) is 0. The molecule has 28 heavy (non-hydrogen) atoms. The van der Waals surface area contributed by atoms with Gasteiger partial charge in [0.25, 0.3) is 11.1 Å². The molecule has 2 aromatic heterocycles. The molecule has 0 N–H and O–H groups in total. The molecular weight excluding hydrogens is 398 g/mol. The maximum Gasteiger partial charge on any atom is 0.277 e. The fourth-order valence-electron chi connectivity index (χ4n) is 2.53. The summed E-state index contributed by atoms with van der Waals surface area (Å²) in [7, 11) is 3.15. The number of rotatable bonds is 9. The van der Waals surface area contributed by atoms with Gasteiger partial charge >= 0.3 is 0 Å². The van der Waals surface area contributed by atoms with Crippen molar-refractivity contribution in [1.82, 2.24) is 15.1 Å². The van der Waals surface area contributed by atoms with E-state index >= 15 is 0 Å². The van der Waals surface area contributed by atoms with Crippen molar-refractivity contribution in [2.45, 2.75) is 18.7 Å². The highest BCUT2D eigenvalue weighted by molar-refractivity contribution is 7.99. The first-order valence-electron chi connectivity index (χ1n) is 8.63. The molecular formula is C19H21N3O4S2. The molecule has 2 heterocycles. The van der Waals surface area contributed by atoms with Crippen molar-refractivity contribution in [2.24, 2.45) is 0 Å². The molecule has 0 aliphatic carbocycles. The van der Waals surface area contributed by atoms with Gasteiger partial charge in [0.2, 0.25) is 5.91 Å². The van der Waals surface area contributed by atoms with Gasteiger partial charge in [-0.3, -0.25) is 4.79 Å². The van der Waals surface area contributed by atoms with Crippen molar-refractivity contribution in [3.63, 3.8) is 0 Å². The van der Waals surface area contributed by atoms with Crippen molar-refractivity contribution in [3.05, 3.63) is 40.6 Å². The van der Waals surface area contributed by atoms with E-state index in [9.17, 15) is 4.79 Å². The van der Waals surface area contributed by atoms with Crippen LogP contribution in [0.1, 0.15) is 11.8 Å². The number of thioether (sulfide) groups is 1. The van der Waals surface area contributed by atoms with Crippen LogP contribution < -0.4 is 9.47 Å². The van der Waals surface area contributed by atoms with Gasteiger partial charge < -0.3 is 18.8 Å². The number of aromatic nitrogens is 2. The zero-order valence-electron chi connectivity index (χ0n) is 15.9. The van der Waals surface area contributed by atoms with Crippen LogP contribution in [0.15, 0.2) is 45.4 Å². The normalized spacial score (nSPS) is 10.7. The molecule has 148 valence electrons. The van der Waals surface area contributed by atoms with E-state index in [1.807, 2.05) is 29.3 Å². The summed E-state index contributed by atoms with van der Waals surface area (Å²) in [5, 5.41) is 10.5. The topological polar surface area (TPSA) is 77.7 Å². The highest BCUT2D eigenvalue weighted by Crippen LogP contribution is 2.33. The SMILES string of the molecule is CCN(Cc1cccs1)C(=O)CSc1nnc(-c2ccc(OC)cc2OC)o1. The van der Waals surface area contributed by atoms with E-state index in [4.69, 9.17) is 13.9 Å². The Labute approximate surface area is 171 Å². The zero-order valence-corrected chi connectivity index (χ0v) is 17.5. The molecule has 0 radical (unpaired) electrons. The van der Waals surface area contributed by atoms with Crippen LogP contribution in [0.25, 0.3) is 11.5 Å². The van der Waals surface area contributed by atoms with Crippen LogP contribution in [0, 0.1) is 0 Å². The number of methoxy groups -OCH3 is 2. The van der Waals surface area contributed by atoms with Gasteiger partial charge in [-0.15, -0.1) is 21.5 Å². The minimum Gasteiger partial charge on any atom is -0.497 e. The summed E-state index contributed by atoms with van der Waals surface area (Å²) in [4.78, 5) is 15.5. The van der Waals surface area contributed by atoms with Crippen molar-refractivity contribution in [1.29, 1.82) is 0 Å². The number of amides is 1. The van der Waals surface area contributed by atoms with Gasteiger partial charge in [0.15, 0.2) is 0 Å². The van der Waals surface area contributed by atoms with Crippen LogP contribution in [0.3, 0.4) is 0 Å². The van der Waals surface area contributed by atoms with Crippen LogP contribution in [-0.4, -0.2) is 47.5 Å². The quantitative estimate of drug-likeness (QED) is 0.486. The van der Waals surface area contributed by atoms with Gasteiger partial charge in [-0.2, -0.15) is 0 Å². The van der Waals surface area contributed by atoms with E-state index < -0.39 is 0 Å². The predicted molar refractivity (Wildman–Crippen MR) is 109 cm³/mol. The first kappa shape index (κ1) is 20.2. The Bertz CT molecular complexity index is 912. The monoisotopic (exact) mass is 419 g/mol. The van der Waals surface area contributed by atoms with Gasteiger partial charge in [0, 0.05) is 17.5 Å². The summed E-state index contributed by atoms with van der Waals surface area (Å²) >= 11 is 2.87. The average molecular weight is 420 g/mol. The molecule has 3 rings (SSSR count). The first-order valence-corrected chi connectivity index (χ1v) is 10.5. The number of carbonyl (C=O) groups excluding carboxylic acids is 1. The number of ether oxygens (including phenoxy) is 2. The Hall–Kier alpha value is -2.52. The standard InChI is InChI=1S/C19H21N3O4S2/c1-4-22(11-14-6-5-9-27-14)17(23)12-28-19-21-20-18(26-19)15-8-7-13(24-2)10-16(15)25-3/h5-10H,4,11-12H2,1-3H3. The van der Waals surface area contributed by atoms with Crippen LogP contribution in [0.4, 0.5) is 0 Å². The second-order valence-corrected chi connectivity index (χ2v) is 7.67. The van der Waals surface area contributed by atoms with Crippen molar-refractivity contribution in [3.8, 4) is 23.0 Å². The third kappa shape index (κ3) is 4.85. The Morgan fingerprint density at radius 3 is 2.79 bits per heavy atom. The van der Waals surface area contributed by atoms with E-state index in [0.29, 0.717) is 41.3 Å². The summed E-state index contributed by atoms with van der Waals surface area (Å²) in [6, 6.07) is 9.35. The number of carbonyl (C=O) groups is 1. The Morgan fingerprint density at radius 1 is 1.25 bits per heavy atom. The Kier molecular flexibility index (Phi) is 6.94. The van der Waals surface area contributed by atoms with Crippen molar-refractivity contribution < 1.29 is 18.7 Å². The lowest BCUT2D eigenvalue weighted by Crippen LogP contribution is -2.31. The van der Waals surface area contributed by atoms with Crippen LogP contribution in [-0.2, 0) is 11.3 Å². The smallest absolute Gasteiger partial charge is 0.277 e. The molecule has 0 saturated carbocycles. The summed E-state index contributed by atoms with van der Waals surface area (Å²) < 4.78 is 16.3. The highest BCUT2D eigenvalue weighted by atomic mass is 32.2. The van der Waals surface area contributed by atoms with E-state index in [-0.39, 0.29) is 11.7 Å². The molecule has 0 fully saturated rings. The molecule has 0 aliphatic heterocycles. The molecule has 7 nitrogen and oxygen atoms in total. The lowest BCUT2D eigenvalue weighted by molar-refractivity contribution is -0.128. The summed E-state index contributed by atoms with van der Waals surface area (Å²) in [5.41, 5.74) is 0.668. The largest absolute Gasteiger partial charge is 0.497 e. The fraction of sp³-hybridized carbons (Fsp3) is 0.316. The molecule has 3 aromatic rings. The Balaban J connectivity index is 1.64. The molecule has 0 atom stereocenters. The van der Waals surface area contributed by atoms with Crippen molar-refractivity contribution >= 4 is 29.0 Å². The van der Waals surface area contributed by atoms with Gasteiger partial charge in [0.05, 0.1) is 32.1 Å². The third-order valence-electron chi connectivity index (χ3n) is 4.03. The van der Waals surface area contributed by atoms with E-state index in [1.54, 1.807) is 43.8 Å². The third-order valence-corrected chi connectivity index (χ3v) is 5.69. The first-order chi connectivity index (χ1) is 13.6. The number of benzene rings is 1. The molecule has 0 bridgehead atoms. The minimum absolute atomic E-state index is 0.0303. The molecule has 0 spiro atoms. The highest BCUT2D eigenvalue weighted by Gasteiger charge is 2.18. The Morgan fingerprint density at radius 2 is 2.11 bits per heavy atom. The second kappa shape index (κ2) is 9.61. The number of thiophene rings is 1. The average Bonchev–Trinajstić information content (AvgIpc) is 3.41. The minimum atomic E-state index is 0.0303. The number of hydrogen-bond acceptors (Lipinski definition) is 8. The molecule has 0 unspecified atom stereocenters. The van der Waals surface area contributed by atoms with E-state index in [2.05, 4.69) is 10.2 Å². The lowest BCUT2D eigenvalue weighted by atomic mass is 10.2. The maximum absolute atomic E-state index is 12.5. The van der Waals surface area contributed by atoms with Crippen LogP contribution in [0.5, 0.6) is 11.5 Å². The lowest BCUT2D eigenvalue weighted by Gasteiger charge is -2.19. The zero-order chi connectivity index (χ0) is 19.9. The van der Waals surface area contributed by atoms with Gasteiger partial charge in [-0.1, -0.05) is 17.8 Å². The van der Waals surface area contributed by atoms with Crippen LogP contribution in [0.2, 0.25) is 0 Å². The molecule has 1 amide bonds. The summed E-state index contributed by atoms with van der Waals surface area (Å²) in [5.74, 6) is 1.85. The molecule has 0 aliphatic rings.